The van der Waals surface area contributed by atoms with Gasteiger partial charge in [-0.15, -0.1) is 11.3 Å². The maximum absolute atomic E-state index is 14.1. The monoisotopic (exact) mass is 759 g/mol. The molecule has 0 fully saturated rings. The minimum atomic E-state index is -0.694. The van der Waals surface area contributed by atoms with Crippen LogP contribution in [0.25, 0.3) is 11.8 Å². The first-order chi connectivity index (χ1) is 22.4. The van der Waals surface area contributed by atoms with E-state index in [1.165, 1.54) is 22.7 Å². The molecule has 11 heteroatoms. The van der Waals surface area contributed by atoms with E-state index in [1.54, 1.807) is 36.8 Å². The van der Waals surface area contributed by atoms with Gasteiger partial charge in [0.1, 0.15) is 12.6 Å². The van der Waals surface area contributed by atoms with E-state index in [4.69, 9.17) is 24.5 Å². The molecule has 2 aromatic heterocycles. The van der Waals surface area contributed by atoms with Crippen molar-refractivity contribution in [1.82, 2.24) is 4.57 Å². The Morgan fingerprint density at radius 2 is 1.89 bits per heavy atom. The Morgan fingerprint density at radius 1 is 1.11 bits per heavy atom. The van der Waals surface area contributed by atoms with Crippen molar-refractivity contribution in [3.8, 4) is 17.6 Å². The fraction of sp³-hybridized carbons (Fsp3) is 0.143. The van der Waals surface area contributed by atoms with Gasteiger partial charge in [-0.25, -0.2) is 9.79 Å². The molecule has 230 valence electrons. The summed E-state index contributed by atoms with van der Waals surface area (Å²) in [6.07, 6.45) is 1.81. The predicted molar refractivity (Wildman–Crippen MR) is 187 cm³/mol. The molecule has 5 aromatic rings. The summed E-state index contributed by atoms with van der Waals surface area (Å²) in [7, 11) is 1.57. The average molecular weight is 760 g/mol. The van der Waals surface area contributed by atoms with Crippen LogP contribution in [0.2, 0.25) is 0 Å². The number of esters is 1. The molecule has 0 N–H and O–H groups in total. The zero-order valence-corrected chi connectivity index (χ0v) is 28.5. The van der Waals surface area contributed by atoms with Crippen LogP contribution >= 0.6 is 45.3 Å². The van der Waals surface area contributed by atoms with Crippen LogP contribution in [0.4, 0.5) is 0 Å². The SMILES string of the molecule is CCOC(=O)C1=C(c2ccccc2)N=c2s/c(=C\c3cc(I)c(OCc4ccc(C#N)cc4)c(OC)c3)c(=O)n2[C@H]1c1cccs1. The lowest BCUT2D eigenvalue weighted by Crippen LogP contribution is -2.39. The van der Waals surface area contributed by atoms with E-state index in [1.807, 2.05) is 72.1 Å². The van der Waals surface area contributed by atoms with Crippen LogP contribution in [0.1, 0.15) is 40.1 Å². The Bertz CT molecular complexity index is 2160. The van der Waals surface area contributed by atoms with E-state index >= 15 is 0 Å². The molecule has 0 amide bonds. The van der Waals surface area contributed by atoms with Crippen LogP contribution in [0.5, 0.6) is 11.5 Å². The molecule has 0 saturated carbocycles. The van der Waals surface area contributed by atoms with Crippen LogP contribution in [0.15, 0.2) is 99.6 Å². The molecule has 46 heavy (non-hydrogen) atoms. The van der Waals surface area contributed by atoms with Crippen LogP contribution in [0.3, 0.4) is 0 Å². The normalized spacial score (nSPS) is 14.3. The van der Waals surface area contributed by atoms with Gasteiger partial charge >= 0.3 is 5.97 Å². The summed E-state index contributed by atoms with van der Waals surface area (Å²) < 4.78 is 20.2. The Kier molecular flexibility index (Phi) is 9.48. The highest BCUT2D eigenvalue weighted by atomic mass is 127. The molecule has 6 rings (SSSR count). The van der Waals surface area contributed by atoms with E-state index in [0.717, 1.165) is 25.1 Å². The summed E-state index contributed by atoms with van der Waals surface area (Å²) in [5.74, 6) is 0.594. The first-order valence-electron chi connectivity index (χ1n) is 14.2. The number of methoxy groups -OCH3 is 1. The molecule has 0 saturated heterocycles. The van der Waals surface area contributed by atoms with Crippen molar-refractivity contribution in [2.45, 2.75) is 19.6 Å². The largest absolute Gasteiger partial charge is 0.493 e. The number of ether oxygens (including phenoxy) is 3. The third-order valence-corrected chi connectivity index (χ3v) is 9.91. The average Bonchev–Trinajstić information content (AvgIpc) is 3.72. The molecule has 3 aromatic carbocycles. The van der Waals surface area contributed by atoms with Gasteiger partial charge in [-0.3, -0.25) is 9.36 Å². The number of hydrogen-bond acceptors (Lipinski definition) is 9. The van der Waals surface area contributed by atoms with E-state index in [-0.39, 0.29) is 12.2 Å². The zero-order chi connectivity index (χ0) is 32.2. The summed E-state index contributed by atoms with van der Waals surface area (Å²) in [6.45, 7) is 2.25. The van der Waals surface area contributed by atoms with Gasteiger partial charge in [0.15, 0.2) is 16.3 Å². The number of fused-ring (bicyclic) bond motifs is 1. The third-order valence-electron chi connectivity index (χ3n) is 7.20. The number of carbonyl (C=O) groups excluding carboxylic acids is 1. The number of halogens is 1. The number of aromatic nitrogens is 1. The summed E-state index contributed by atoms with van der Waals surface area (Å²) >= 11 is 4.93. The van der Waals surface area contributed by atoms with Gasteiger partial charge in [0.05, 0.1) is 44.7 Å². The molecule has 0 unspecified atom stereocenters. The van der Waals surface area contributed by atoms with E-state index in [2.05, 4.69) is 28.7 Å². The minimum absolute atomic E-state index is 0.194. The quantitative estimate of drug-likeness (QED) is 0.134. The zero-order valence-electron chi connectivity index (χ0n) is 24.7. The van der Waals surface area contributed by atoms with Crippen molar-refractivity contribution in [1.29, 1.82) is 5.26 Å². The number of carbonyl (C=O) groups is 1. The Hall–Kier alpha value is -4.51. The summed E-state index contributed by atoms with van der Waals surface area (Å²) in [6, 6.07) is 25.7. The fourth-order valence-corrected chi connectivity index (χ4v) is 7.71. The smallest absolute Gasteiger partial charge is 0.338 e. The van der Waals surface area contributed by atoms with Crippen molar-refractivity contribution in [3.05, 3.63) is 140 Å². The second-order valence-electron chi connectivity index (χ2n) is 10.1. The predicted octanol–water partition coefficient (Wildman–Crippen LogP) is 6.06. The van der Waals surface area contributed by atoms with Gasteiger partial charge in [0.2, 0.25) is 0 Å². The Labute approximate surface area is 286 Å². The Morgan fingerprint density at radius 3 is 2.57 bits per heavy atom. The number of benzene rings is 3. The topological polar surface area (TPSA) is 103 Å². The summed E-state index contributed by atoms with van der Waals surface area (Å²) in [5.41, 5.74) is 3.57. The number of nitrogens with zero attached hydrogens (tertiary/aromatic N) is 3. The van der Waals surface area contributed by atoms with Crippen LogP contribution < -0.4 is 24.4 Å². The van der Waals surface area contributed by atoms with Gasteiger partial charge in [-0.1, -0.05) is 59.9 Å². The maximum Gasteiger partial charge on any atom is 0.338 e. The summed E-state index contributed by atoms with van der Waals surface area (Å²) in [5, 5.41) is 11.0. The third kappa shape index (κ3) is 6.28. The molecule has 0 aliphatic carbocycles. The Balaban J connectivity index is 1.44. The van der Waals surface area contributed by atoms with Crippen molar-refractivity contribution in [2.24, 2.45) is 4.99 Å². The number of rotatable bonds is 9. The van der Waals surface area contributed by atoms with Gasteiger partial charge in [0.25, 0.3) is 5.56 Å². The number of nitriles is 1. The van der Waals surface area contributed by atoms with Gasteiger partial charge in [-0.2, -0.15) is 5.26 Å². The standard InChI is InChI=1S/C35H26IN3O5S2/c1-3-43-34(41)29-30(24-8-5-4-6-9-24)38-35-39(31(29)27-10-7-15-45-27)33(40)28(46-35)18-23-16-25(36)32(26(17-23)42-2)44-20-22-13-11-21(19-37)12-14-22/h4-18,31H,3,20H2,1-2H3/b28-18-/t31-/m0/s1. The van der Waals surface area contributed by atoms with Crippen molar-refractivity contribution >= 4 is 63.0 Å². The number of thiophene rings is 1. The minimum Gasteiger partial charge on any atom is -0.493 e. The fourth-order valence-electron chi connectivity index (χ4n) is 5.10. The highest BCUT2D eigenvalue weighted by Crippen LogP contribution is 2.37. The number of thiazole rings is 1. The molecule has 0 radical (unpaired) electrons. The second-order valence-corrected chi connectivity index (χ2v) is 13.2. The first-order valence-corrected chi connectivity index (χ1v) is 17.0. The van der Waals surface area contributed by atoms with Crippen molar-refractivity contribution in [3.63, 3.8) is 0 Å². The van der Waals surface area contributed by atoms with Gasteiger partial charge in [0, 0.05) is 10.4 Å². The van der Waals surface area contributed by atoms with E-state index in [9.17, 15) is 9.59 Å². The molecule has 1 atom stereocenters. The molecule has 1 aliphatic rings. The van der Waals surface area contributed by atoms with Crippen molar-refractivity contribution in [2.75, 3.05) is 13.7 Å². The molecule has 0 spiro atoms. The lowest BCUT2D eigenvalue weighted by Gasteiger charge is -2.24. The summed E-state index contributed by atoms with van der Waals surface area (Å²) in [4.78, 5) is 33.9. The highest BCUT2D eigenvalue weighted by Gasteiger charge is 2.35. The first kappa shape index (κ1) is 31.5. The second kappa shape index (κ2) is 13.9. The molecular weight excluding hydrogens is 733 g/mol. The van der Waals surface area contributed by atoms with Crippen LogP contribution in [-0.4, -0.2) is 24.3 Å². The maximum atomic E-state index is 14.1. The number of hydrogen-bond donors (Lipinski definition) is 0. The van der Waals surface area contributed by atoms with Gasteiger partial charge in [-0.05, 0) is 82.4 Å². The van der Waals surface area contributed by atoms with Crippen LogP contribution in [-0.2, 0) is 16.1 Å². The molecular formula is C35H26IN3O5S2. The molecule has 3 heterocycles. The molecule has 8 nitrogen and oxygen atoms in total. The van der Waals surface area contributed by atoms with E-state index in [0.29, 0.717) is 44.3 Å². The highest BCUT2D eigenvalue weighted by molar-refractivity contribution is 14.1. The lowest BCUT2D eigenvalue weighted by molar-refractivity contribution is -0.138. The molecule has 1 aliphatic heterocycles. The lowest BCUT2D eigenvalue weighted by atomic mass is 9.97. The van der Waals surface area contributed by atoms with E-state index < -0.39 is 12.0 Å². The van der Waals surface area contributed by atoms with Crippen molar-refractivity contribution < 1.29 is 19.0 Å². The van der Waals surface area contributed by atoms with Crippen LogP contribution in [0, 0.1) is 14.9 Å². The molecule has 0 bridgehead atoms. The van der Waals surface area contributed by atoms with Gasteiger partial charge < -0.3 is 14.2 Å².